The van der Waals surface area contributed by atoms with E-state index in [0.29, 0.717) is 5.69 Å². The van der Waals surface area contributed by atoms with Crippen LogP contribution in [0, 0.1) is 11.6 Å². The molecule has 1 aliphatic heterocycles. The van der Waals surface area contributed by atoms with Crippen molar-refractivity contribution in [1.29, 1.82) is 0 Å². The van der Waals surface area contributed by atoms with E-state index in [4.69, 9.17) is 0 Å². The highest BCUT2D eigenvalue weighted by atomic mass is 32.2. The summed E-state index contributed by atoms with van der Waals surface area (Å²) in [6.07, 6.45) is 0.240. The molecule has 2 aromatic carbocycles. The van der Waals surface area contributed by atoms with Crippen LogP contribution in [0.5, 0.6) is 0 Å². The molecule has 1 amide bonds. The molecule has 1 N–H and O–H groups in total. The van der Waals surface area contributed by atoms with E-state index < -0.39 is 38.5 Å². The summed E-state index contributed by atoms with van der Waals surface area (Å²) in [5, 5.41) is 0. The minimum atomic E-state index is -4.15. The Morgan fingerprint density at radius 1 is 1.04 bits per heavy atom. The van der Waals surface area contributed by atoms with Crippen LogP contribution in [0.3, 0.4) is 0 Å². The molecule has 0 aliphatic carbocycles. The molecule has 0 bridgehead atoms. The first-order valence-electron chi connectivity index (χ1n) is 7.22. The summed E-state index contributed by atoms with van der Waals surface area (Å²) in [7, 11) is -4.15. The number of sulfonamides is 1. The summed E-state index contributed by atoms with van der Waals surface area (Å²) in [6.45, 7) is 0.287. The molecule has 0 radical (unpaired) electrons. The average Bonchev–Trinajstić information content (AvgIpc) is 2.89. The van der Waals surface area contributed by atoms with Gasteiger partial charge in [-0.2, -0.15) is 4.72 Å². The van der Waals surface area contributed by atoms with Crippen molar-refractivity contribution in [1.82, 2.24) is 4.72 Å². The predicted octanol–water partition coefficient (Wildman–Crippen LogP) is 2.05. The minimum Gasteiger partial charge on any atom is -0.311 e. The number of carbonyl (C=O) groups is 1. The van der Waals surface area contributed by atoms with Crippen LogP contribution in [0.4, 0.5) is 14.5 Å². The normalized spacial score (nSPS) is 18.2. The lowest BCUT2D eigenvalue weighted by Gasteiger charge is -2.17. The van der Waals surface area contributed by atoms with Crippen LogP contribution in [0.2, 0.25) is 0 Å². The Kier molecular flexibility index (Phi) is 4.33. The summed E-state index contributed by atoms with van der Waals surface area (Å²) in [4.78, 5) is 13.3. The predicted molar refractivity (Wildman–Crippen MR) is 83.9 cm³/mol. The fourth-order valence-electron chi connectivity index (χ4n) is 2.58. The Morgan fingerprint density at radius 3 is 2.38 bits per heavy atom. The van der Waals surface area contributed by atoms with Crippen LogP contribution in [0.1, 0.15) is 6.42 Å². The summed E-state index contributed by atoms with van der Waals surface area (Å²) >= 11 is 0. The van der Waals surface area contributed by atoms with Crippen molar-refractivity contribution in [2.24, 2.45) is 0 Å². The Hall–Kier alpha value is -2.32. The number of amides is 1. The minimum absolute atomic E-state index is 0.240. The number of benzene rings is 2. The van der Waals surface area contributed by atoms with E-state index in [9.17, 15) is 22.0 Å². The highest BCUT2D eigenvalue weighted by Crippen LogP contribution is 2.23. The molecule has 1 atom stereocenters. The first-order chi connectivity index (χ1) is 11.4. The smallest absolute Gasteiger partial charge is 0.245 e. The second-order valence-corrected chi connectivity index (χ2v) is 7.04. The molecule has 8 heteroatoms. The van der Waals surface area contributed by atoms with Crippen molar-refractivity contribution < 1.29 is 22.0 Å². The topological polar surface area (TPSA) is 66.5 Å². The zero-order valence-corrected chi connectivity index (χ0v) is 13.3. The summed E-state index contributed by atoms with van der Waals surface area (Å²) < 4.78 is 53.4. The average molecular weight is 352 g/mol. The molecule has 1 aliphatic rings. The molecule has 5 nitrogen and oxygen atoms in total. The Labute approximate surface area is 138 Å². The van der Waals surface area contributed by atoms with Gasteiger partial charge in [-0.05, 0) is 42.8 Å². The van der Waals surface area contributed by atoms with E-state index in [0.717, 1.165) is 12.1 Å². The van der Waals surface area contributed by atoms with Gasteiger partial charge in [-0.3, -0.25) is 4.79 Å². The highest BCUT2D eigenvalue weighted by molar-refractivity contribution is 7.89. The third-order valence-electron chi connectivity index (χ3n) is 3.77. The lowest BCUT2D eigenvalue weighted by atomic mass is 10.3. The molecule has 0 spiro atoms. The van der Waals surface area contributed by atoms with E-state index in [-0.39, 0.29) is 13.0 Å². The van der Waals surface area contributed by atoms with Crippen molar-refractivity contribution >= 4 is 21.6 Å². The number of halogens is 2. The summed E-state index contributed by atoms with van der Waals surface area (Å²) in [5.74, 6) is -1.77. The van der Waals surface area contributed by atoms with E-state index >= 15 is 0 Å². The second kappa shape index (κ2) is 6.29. The standard InChI is InChI=1S/C16H14F2N2O3S/c17-11-5-7-12(8-6-11)20-10-9-14(16(20)21)19-24(22,23)15-4-2-1-3-13(15)18/h1-8,14,19H,9-10H2. The molecule has 0 aromatic heterocycles. The first kappa shape index (κ1) is 16.5. The molecular weight excluding hydrogens is 338 g/mol. The van der Waals surface area contributed by atoms with E-state index in [1.54, 1.807) is 0 Å². The van der Waals surface area contributed by atoms with Gasteiger partial charge in [-0.15, -0.1) is 0 Å². The Balaban J connectivity index is 1.79. The van der Waals surface area contributed by atoms with Crippen molar-refractivity contribution in [3.05, 3.63) is 60.2 Å². The molecule has 1 unspecified atom stereocenters. The third kappa shape index (κ3) is 3.15. The number of hydrogen-bond acceptors (Lipinski definition) is 3. The van der Waals surface area contributed by atoms with Gasteiger partial charge < -0.3 is 4.90 Å². The van der Waals surface area contributed by atoms with Gasteiger partial charge in [0, 0.05) is 12.2 Å². The monoisotopic (exact) mass is 352 g/mol. The highest BCUT2D eigenvalue weighted by Gasteiger charge is 2.36. The maximum absolute atomic E-state index is 13.7. The molecule has 1 heterocycles. The van der Waals surface area contributed by atoms with Crippen LogP contribution in [-0.2, 0) is 14.8 Å². The molecule has 24 heavy (non-hydrogen) atoms. The number of carbonyl (C=O) groups excluding carboxylic acids is 1. The fraction of sp³-hybridized carbons (Fsp3) is 0.188. The summed E-state index contributed by atoms with van der Waals surface area (Å²) in [6, 6.07) is 9.30. The van der Waals surface area contributed by atoms with Crippen LogP contribution < -0.4 is 9.62 Å². The van der Waals surface area contributed by atoms with Crippen LogP contribution >= 0.6 is 0 Å². The van der Waals surface area contributed by atoms with Gasteiger partial charge >= 0.3 is 0 Å². The van der Waals surface area contributed by atoms with Crippen molar-refractivity contribution in [3.8, 4) is 0 Å². The number of anilines is 1. The van der Waals surface area contributed by atoms with Crippen molar-refractivity contribution in [3.63, 3.8) is 0 Å². The SMILES string of the molecule is O=C1C(NS(=O)(=O)c2ccccc2F)CCN1c1ccc(F)cc1. The van der Waals surface area contributed by atoms with Crippen molar-refractivity contribution in [2.75, 3.05) is 11.4 Å². The first-order valence-corrected chi connectivity index (χ1v) is 8.70. The van der Waals surface area contributed by atoms with E-state index in [2.05, 4.69) is 4.72 Å². The van der Waals surface area contributed by atoms with Crippen LogP contribution in [0.25, 0.3) is 0 Å². The van der Waals surface area contributed by atoms with Crippen molar-refractivity contribution in [2.45, 2.75) is 17.4 Å². The molecule has 0 saturated carbocycles. The molecule has 1 fully saturated rings. The zero-order chi connectivity index (χ0) is 17.3. The fourth-order valence-corrected chi connectivity index (χ4v) is 3.88. The number of nitrogens with zero attached hydrogens (tertiary/aromatic N) is 1. The second-order valence-electron chi connectivity index (χ2n) is 5.36. The molecule has 2 aromatic rings. The van der Waals surface area contributed by atoms with Gasteiger partial charge in [-0.25, -0.2) is 17.2 Å². The van der Waals surface area contributed by atoms with Gasteiger partial charge in [0.1, 0.15) is 22.6 Å². The van der Waals surface area contributed by atoms with Gasteiger partial charge in [0.15, 0.2) is 0 Å². The molecule has 3 rings (SSSR count). The maximum atomic E-state index is 13.7. The van der Waals surface area contributed by atoms with E-state index in [1.165, 1.54) is 41.3 Å². The largest absolute Gasteiger partial charge is 0.311 e. The molecular formula is C16H14F2N2O3S. The maximum Gasteiger partial charge on any atom is 0.245 e. The number of hydrogen-bond donors (Lipinski definition) is 1. The summed E-state index contributed by atoms with van der Waals surface area (Å²) in [5.41, 5.74) is 0.481. The molecule has 126 valence electrons. The van der Waals surface area contributed by atoms with Crippen LogP contribution in [-0.4, -0.2) is 26.9 Å². The lowest BCUT2D eigenvalue weighted by molar-refractivity contribution is -0.118. The van der Waals surface area contributed by atoms with Crippen LogP contribution in [0.15, 0.2) is 53.4 Å². The Morgan fingerprint density at radius 2 is 1.71 bits per heavy atom. The zero-order valence-electron chi connectivity index (χ0n) is 12.4. The number of rotatable bonds is 4. The Bertz CT molecular complexity index is 869. The van der Waals surface area contributed by atoms with E-state index in [1.807, 2.05) is 0 Å². The van der Waals surface area contributed by atoms with Gasteiger partial charge in [-0.1, -0.05) is 12.1 Å². The molecule has 1 saturated heterocycles. The lowest BCUT2D eigenvalue weighted by Crippen LogP contribution is -2.41. The number of nitrogens with one attached hydrogen (secondary N) is 1. The van der Waals surface area contributed by atoms with Gasteiger partial charge in [0.25, 0.3) is 0 Å². The van der Waals surface area contributed by atoms with Gasteiger partial charge in [0.05, 0.1) is 0 Å². The third-order valence-corrected chi connectivity index (χ3v) is 5.27. The quantitative estimate of drug-likeness (QED) is 0.916. The van der Waals surface area contributed by atoms with Gasteiger partial charge in [0.2, 0.25) is 15.9 Å².